The number of esters is 2. The van der Waals surface area contributed by atoms with Crippen molar-refractivity contribution in [1.29, 1.82) is 0 Å². The van der Waals surface area contributed by atoms with Crippen LogP contribution in [0.2, 0.25) is 0 Å². The van der Waals surface area contributed by atoms with Crippen molar-refractivity contribution in [3.63, 3.8) is 0 Å². The first-order chi connectivity index (χ1) is 22.2. The van der Waals surface area contributed by atoms with Crippen LogP contribution in [0, 0.1) is 15.9 Å². The van der Waals surface area contributed by atoms with Crippen molar-refractivity contribution < 1.29 is 43.0 Å². The molecule has 0 radical (unpaired) electrons. The number of hydrogen-bond donors (Lipinski definition) is 4. The van der Waals surface area contributed by atoms with E-state index in [1.54, 1.807) is 20.8 Å². The average Bonchev–Trinajstić information content (AvgIpc) is 3.01. The highest BCUT2D eigenvalue weighted by Gasteiger charge is 2.29. The molecule has 3 atom stereocenters. The molecule has 4 N–H and O–H groups in total. The molecule has 3 unspecified atom stereocenters. The van der Waals surface area contributed by atoms with Gasteiger partial charge in [0, 0.05) is 29.4 Å². The zero-order chi connectivity index (χ0) is 35.4. The van der Waals surface area contributed by atoms with Crippen molar-refractivity contribution >= 4 is 58.3 Å². The van der Waals surface area contributed by atoms with Crippen LogP contribution < -0.4 is 21.3 Å². The lowest BCUT2D eigenvalue weighted by Gasteiger charge is -2.23. The van der Waals surface area contributed by atoms with Gasteiger partial charge in [0.15, 0.2) is 0 Å². The lowest BCUT2D eigenvalue weighted by Crippen LogP contribution is -2.52. The van der Waals surface area contributed by atoms with Gasteiger partial charge in [0.2, 0.25) is 17.7 Å². The Balaban J connectivity index is 2.58. The molecular formula is C33H47IN4O9. The van der Waals surface area contributed by atoms with Crippen LogP contribution in [0.3, 0.4) is 0 Å². The smallest absolute Gasteiger partial charge is 0.408 e. The number of amides is 4. The van der Waals surface area contributed by atoms with Crippen LogP contribution in [0.5, 0.6) is 0 Å². The van der Waals surface area contributed by atoms with Gasteiger partial charge in [0.25, 0.3) is 0 Å². The van der Waals surface area contributed by atoms with Crippen LogP contribution in [-0.2, 0) is 44.6 Å². The molecule has 0 fully saturated rings. The van der Waals surface area contributed by atoms with Gasteiger partial charge in [-0.2, -0.15) is 0 Å². The van der Waals surface area contributed by atoms with Crippen molar-refractivity contribution in [2.75, 3.05) is 20.8 Å². The Hall–Kier alpha value is -3.87. The zero-order valence-corrected chi connectivity index (χ0v) is 29.9. The molecule has 0 heterocycles. The maximum Gasteiger partial charge on any atom is 0.408 e. The maximum absolute atomic E-state index is 13.0. The second-order valence-corrected chi connectivity index (χ2v) is 12.9. The summed E-state index contributed by atoms with van der Waals surface area (Å²) in [6.07, 6.45) is 7.22. The molecule has 0 spiro atoms. The van der Waals surface area contributed by atoms with Crippen molar-refractivity contribution in [2.45, 2.75) is 102 Å². The molecule has 1 aromatic rings. The van der Waals surface area contributed by atoms with Crippen LogP contribution in [0.4, 0.5) is 4.79 Å². The summed E-state index contributed by atoms with van der Waals surface area (Å²) in [6.45, 7) is 5.38. The predicted octanol–water partition coefficient (Wildman–Crippen LogP) is 2.91. The molecule has 1 aromatic carbocycles. The number of unbranched alkanes of at least 4 members (excludes halogenated alkanes) is 1. The van der Waals surface area contributed by atoms with E-state index in [0.717, 1.165) is 23.5 Å². The summed E-state index contributed by atoms with van der Waals surface area (Å²) in [5, 5.41) is 10.3. The topological polar surface area (TPSA) is 178 Å². The predicted molar refractivity (Wildman–Crippen MR) is 183 cm³/mol. The number of terminal acetylenes is 1. The number of aryl methyl sites for hydroxylation is 1. The molecule has 0 aliphatic carbocycles. The van der Waals surface area contributed by atoms with Crippen molar-refractivity contribution in [1.82, 2.24) is 21.3 Å². The summed E-state index contributed by atoms with van der Waals surface area (Å²) in [5.74, 6) is -0.487. The Morgan fingerprint density at radius 3 is 2.00 bits per heavy atom. The van der Waals surface area contributed by atoms with Crippen molar-refractivity contribution in [2.24, 2.45) is 0 Å². The summed E-state index contributed by atoms with van der Waals surface area (Å²) in [7, 11) is 2.34. The highest BCUT2D eigenvalue weighted by Crippen LogP contribution is 2.11. The van der Waals surface area contributed by atoms with E-state index >= 15 is 0 Å². The molecule has 14 heteroatoms. The van der Waals surface area contributed by atoms with Crippen LogP contribution in [0.15, 0.2) is 24.3 Å². The molecule has 0 aromatic heterocycles. The Kier molecular flexibility index (Phi) is 19.1. The van der Waals surface area contributed by atoms with Gasteiger partial charge in [-0.1, -0.05) is 12.1 Å². The maximum atomic E-state index is 13.0. The Morgan fingerprint density at radius 1 is 0.809 bits per heavy atom. The van der Waals surface area contributed by atoms with Gasteiger partial charge in [0.05, 0.1) is 14.2 Å². The van der Waals surface area contributed by atoms with E-state index in [-0.39, 0.29) is 31.6 Å². The second-order valence-electron chi connectivity index (χ2n) is 11.7. The van der Waals surface area contributed by atoms with Gasteiger partial charge >= 0.3 is 18.0 Å². The number of hydrogen-bond acceptors (Lipinski definition) is 9. The van der Waals surface area contributed by atoms with Gasteiger partial charge in [-0.3, -0.25) is 14.4 Å². The highest BCUT2D eigenvalue weighted by atomic mass is 127. The van der Waals surface area contributed by atoms with Gasteiger partial charge in [-0.05, 0) is 99.6 Å². The van der Waals surface area contributed by atoms with E-state index in [1.165, 1.54) is 12.7 Å². The monoisotopic (exact) mass is 770 g/mol. The standard InChI is InChI=1S/C33H47IN4O9/c1-7-11-24(36-28(40)20-19-26(31(43)46-6)38-32(44)47-33(2,3)4)29(41)37-25(30(42)45-5)13-8-9-21-35-27(39)14-10-12-22-15-17-23(34)18-16-22/h1,15-18,24-26H,8-14,19-21H2,2-6H3,(H,35,39)(H,36,40)(H,37,41)(H,38,44). The van der Waals surface area contributed by atoms with Crippen LogP contribution >= 0.6 is 22.6 Å². The van der Waals surface area contributed by atoms with E-state index in [4.69, 9.17) is 20.6 Å². The van der Waals surface area contributed by atoms with Gasteiger partial charge < -0.3 is 35.5 Å². The minimum Gasteiger partial charge on any atom is -0.467 e. The second kappa shape index (κ2) is 21.8. The fourth-order valence-electron chi connectivity index (χ4n) is 4.27. The Bertz CT molecular complexity index is 1240. The van der Waals surface area contributed by atoms with Gasteiger partial charge in [0.1, 0.15) is 23.7 Å². The van der Waals surface area contributed by atoms with E-state index in [9.17, 15) is 28.8 Å². The molecule has 0 aliphatic rings. The minimum absolute atomic E-state index is 0.0558. The molecule has 260 valence electrons. The molecule has 0 bridgehead atoms. The first kappa shape index (κ1) is 41.2. The Labute approximate surface area is 290 Å². The molecule has 0 aliphatic heterocycles. The number of nitrogens with one attached hydrogen (secondary N) is 4. The molecule has 0 saturated carbocycles. The number of benzene rings is 1. The average molecular weight is 771 g/mol. The first-order valence-corrected chi connectivity index (χ1v) is 16.5. The molecule has 4 amide bonds. The molecule has 13 nitrogen and oxygen atoms in total. The zero-order valence-electron chi connectivity index (χ0n) is 27.7. The summed E-state index contributed by atoms with van der Waals surface area (Å²) in [4.78, 5) is 74.6. The number of alkyl carbamates (subject to hydrolysis) is 1. The fraction of sp³-hybridized carbons (Fsp3) is 0.576. The quantitative estimate of drug-likeness (QED) is 0.0542. The molecule has 47 heavy (non-hydrogen) atoms. The van der Waals surface area contributed by atoms with E-state index < -0.39 is 53.6 Å². The number of carbonyl (C=O) groups excluding carboxylic acids is 6. The van der Waals surface area contributed by atoms with E-state index in [2.05, 4.69) is 61.9 Å². The number of ether oxygens (including phenoxy) is 3. The summed E-state index contributed by atoms with van der Waals surface area (Å²) < 4.78 is 15.9. The number of halogens is 1. The molecule has 1 rings (SSSR count). The molecular weight excluding hydrogens is 723 g/mol. The highest BCUT2D eigenvalue weighted by molar-refractivity contribution is 14.1. The first-order valence-electron chi connectivity index (χ1n) is 15.4. The van der Waals surface area contributed by atoms with Crippen molar-refractivity contribution in [3.8, 4) is 12.3 Å². The SMILES string of the molecule is C#CCC(NC(=O)CCC(NC(=O)OC(C)(C)C)C(=O)OC)C(=O)NC(CCCCNC(=O)CCCc1ccc(I)cc1)C(=O)OC. The third kappa shape index (κ3) is 18.2. The van der Waals surface area contributed by atoms with Crippen LogP contribution in [-0.4, -0.2) is 80.2 Å². The number of methoxy groups -OCH3 is 2. The fourth-order valence-corrected chi connectivity index (χ4v) is 4.63. The van der Waals surface area contributed by atoms with E-state index in [1.807, 2.05) is 12.1 Å². The van der Waals surface area contributed by atoms with Crippen LogP contribution in [0.25, 0.3) is 0 Å². The largest absolute Gasteiger partial charge is 0.467 e. The number of carbonyl (C=O) groups is 6. The van der Waals surface area contributed by atoms with E-state index in [0.29, 0.717) is 25.8 Å². The Morgan fingerprint density at radius 2 is 1.43 bits per heavy atom. The van der Waals surface area contributed by atoms with Gasteiger partial charge in [-0.15, -0.1) is 12.3 Å². The minimum atomic E-state index is -1.17. The summed E-state index contributed by atoms with van der Waals surface area (Å²) in [6, 6.07) is 4.82. The van der Waals surface area contributed by atoms with Crippen molar-refractivity contribution in [3.05, 3.63) is 33.4 Å². The third-order valence-corrected chi connectivity index (χ3v) is 7.36. The van der Waals surface area contributed by atoms with Crippen LogP contribution in [0.1, 0.15) is 77.7 Å². The summed E-state index contributed by atoms with van der Waals surface area (Å²) >= 11 is 2.25. The normalized spacial score (nSPS) is 12.7. The lowest BCUT2D eigenvalue weighted by atomic mass is 10.1. The third-order valence-electron chi connectivity index (χ3n) is 6.64. The summed E-state index contributed by atoms with van der Waals surface area (Å²) in [5.41, 5.74) is 0.371. The lowest BCUT2D eigenvalue weighted by molar-refractivity contribution is -0.145. The number of rotatable bonds is 19. The molecule has 0 saturated heterocycles. The van der Waals surface area contributed by atoms with Gasteiger partial charge in [-0.25, -0.2) is 14.4 Å².